The van der Waals surface area contributed by atoms with E-state index in [2.05, 4.69) is 4.98 Å². The Bertz CT molecular complexity index is 721. The summed E-state index contributed by atoms with van der Waals surface area (Å²) in [5.74, 6) is -0.455. The Morgan fingerprint density at radius 3 is 2.84 bits per heavy atom. The summed E-state index contributed by atoms with van der Waals surface area (Å²) in [6.07, 6.45) is 0.610. The lowest BCUT2D eigenvalue weighted by Gasteiger charge is -1.98. The van der Waals surface area contributed by atoms with Crippen LogP contribution in [-0.2, 0) is 0 Å². The molecule has 0 radical (unpaired) electrons. The number of carbonyl (C=O) groups excluding carboxylic acids is 1. The van der Waals surface area contributed by atoms with Gasteiger partial charge in [-0.15, -0.1) is 0 Å². The standard InChI is InChI=1S/C14H8FNO2S/c15-10-5-9(8-17)6-11(7-10)19-14-16-12-3-1-2-4-13(12)18-14/h1-8H. The van der Waals surface area contributed by atoms with Gasteiger partial charge in [0.25, 0.3) is 5.22 Å². The molecule has 0 unspecified atom stereocenters. The molecular weight excluding hydrogens is 265 g/mol. The van der Waals surface area contributed by atoms with Crippen LogP contribution in [0.3, 0.4) is 0 Å². The van der Waals surface area contributed by atoms with Crippen LogP contribution >= 0.6 is 11.8 Å². The lowest BCUT2D eigenvalue weighted by atomic mass is 10.2. The Hall–Kier alpha value is -2.14. The number of hydrogen-bond donors (Lipinski definition) is 0. The number of benzene rings is 2. The van der Waals surface area contributed by atoms with Crippen LogP contribution in [0.15, 0.2) is 57.0 Å². The van der Waals surface area contributed by atoms with Crippen LogP contribution in [0.2, 0.25) is 0 Å². The molecule has 0 spiro atoms. The molecule has 3 nitrogen and oxygen atoms in total. The van der Waals surface area contributed by atoms with Crippen molar-refractivity contribution in [3.05, 3.63) is 53.8 Å². The summed E-state index contributed by atoms with van der Waals surface area (Å²) in [4.78, 5) is 15.5. The molecule has 0 aliphatic heterocycles. The monoisotopic (exact) mass is 273 g/mol. The van der Waals surface area contributed by atoms with Crippen LogP contribution in [0.5, 0.6) is 0 Å². The van der Waals surface area contributed by atoms with Crippen LogP contribution in [-0.4, -0.2) is 11.3 Å². The van der Waals surface area contributed by atoms with Gasteiger partial charge in [-0.25, -0.2) is 9.37 Å². The molecule has 0 saturated heterocycles. The number of hydrogen-bond acceptors (Lipinski definition) is 4. The Labute approximate surface area is 112 Å². The van der Waals surface area contributed by atoms with Gasteiger partial charge in [-0.05, 0) is 42.1 Å². The van der Waals surface area contributed by atoms with Gasteiger partial charge in [0, 0.05) is 10.5 Å². The molecule has 1 aromatic heterocycles. The molecule has 0 fully saturated rings. The lowest BCUT2D eigenvalue weighted by Crippen LogP contribution is -1.84. The van der Waals surface area contributed by atoms with Crippen molar-refractivity contribution < 1.29 is 13.6 Å². The van der Waals surface area contributed by atoms with Gasteiger partial charge in [0.05, 0.1) is 0 Å². The molecule has 94 valence electrons. The number of nitrogens with zero attached hydrogens (tertiary/aromatic N) is 1. The predicted octanol–water partition coefficient (Wildman–Crippen LogP) is 3.93. The number of para-hydroxylation sites is 2. The second kappa shape index (κ2) is 4.85. The highest BCUT2D eigenvalue weighted by atomic mass is 32.2. The van der Waals surface area contributed by atoms with Gasteiger partial charge in [0.2, 0.25) is 0 Å². The van der Waals surface area contributed by atoms with Gasteiger partial charge in [-0.3, -0.25) is 4.79 Å². The topological polar surface area (TPSA) is 43.1 Å². The first-order valence-electron chi connectivity index (χ1n) is 5.54. The summed E-state index contributed by atoms with van der Waals surface area (Å²) in [5, 5.41) is 0.420. The van der Waals surface area contributed by atoms with Gasteiger partial charge in [0.15, 0.2) is 5.58 Å². The molecule has 0 N–H and O–H groups in total. The highest BCUT2D eigenvalue weighted by molar-refractivity contribution is 7.99. The zero-order valence-corrected chi connectivity index (χ0v) is 10.5. The van der Waals surface area contributed by atoms with Crippen molar-refractivity contribution in [3.63, 3.8) is 0 Å². The lowest BCUT2D eigenvalue weighted by molar-refractivity contribution is 0.112. The number of carbonyl (C=O) groups is 1. The van der Waals surface area contributed by atoms with Gasteiger partial charge in [-0.1, -0.05) is 12.1 Å². The highest BCUT2D eigenvalue weighted by Crippen LogP contribution is 2.30. The molecular formula is C14H8FNO2S. The number of oxazole rings is 1. The Balaban J connectivity index is 1.96. The van der Waals surface area contributed by atoms with Crippen LogP contribution in [0, 0.1) is 5.82 Å². The fraction of sp³-hybridized carbons (Fsp3) is 0. The molecule has 0 atom stereocenters. The maximum absolute atomic E-state index is 13.3. The molecule has 0 bridgehead atoms. The fourth-order valence-corrected chi connectivity index (χ4v) is 2.55. The number of aldehydes is 1. The van der Waals surface area contributed by atoms with Crippen LogP contribution in [0.4, 0.5) is 4.39 Å². The summed E-state index contributed by atoms with van der Waals surface area (Å²) in [7, 11) is 0. The zero-order chi connectivity index (χ0) is 13.2. The molecule has 0 aliphatic carbocycles. The third-order valence-electron chi connectivity index (χ3n) is 2.51. The molecule has 0 amide bonds. The average Bonchev–Trinajstić information content (AvgIpc) is 2.80. The van der Waals surface area contributed by atoms with Crippen molar-refractivity contribution in [1.82, 2.24) is 4.98 Å². The highest BCUT2D eigenvalue weighted by Gasteiger charge is 2.08. The van der Waals surface area contributed by atoms with Gasteiger partial charge in [-0.2, -0.15) is 0 Å². The first kappa shape index (κ1) is 11.9. The van der Waals surface area contributed by atoms with E-state index in [1.54, 1.807) is 6.07 Å². The zero-order valence-electron chi connectivity index (χ0n) is 9.67. The van der Waals surface area contributed by atoms with Gasteiger partial charge in [0.1, 0.15) is 17.6 Å². The van der Waals surface area contributed by atoms with Gasteiger partial charge < -0.3 is 4.42 Å². The minimum absolute atomic E-state index is 0.290. The molecule has 0 aliphatic rings. The quantitative estimate of drug-likeness (QED) is 0.678. The maximum Gasteiger partial charge on any atom is 0.261 e. The van der Waals surface area contributed by atoms with E-state index in [0.29, 0.717) is 27.6 Å². The molecule has 3 rings (SSSR count). The molecule has 2 aromatic carbocycles. The largest absolute Gasteiger partial charge is 0.431 e. The predicted molar refractivity (Wildman–Crippen MR) is 69.9 cm³/mol. The third-order valence-corrected chi connectivity index (χ3v) is 3.33. The second-order valence-electron chi connectivity index (χ2n) is 3.89. The van der Waals surface area contributed by atoms with Crippen molar-refractivity contribution >= 4 is 29.1 Å². The van der Waals surface area contributed by atoms with E-state index in [4.69, 9.17) is 4.42 Å². The number of aromatic nitrogens is 1. The number of fused-ring (bicyclic) bond motifs is 1. The Morgan fingerprint density at radius 1 is 1.21 bits per heavy atom. The SMILES string of the molecule is O=Cc1cc(F)cc(Sc2nc3ccccc3o2)c1. The summed E-state index contributed by atoms with van der Waals surface area (Å²) in [5.41, 5.74) is 1.72. The summed E-state index contributed by atoms with van der Waals surface area (Å²) >= 11 is 1.18. The van der Waals surface area contributed by atoms with E-state index in [0.717, 1.165) is 5.52 Å². The maximum atomic E-state index is 13.3. The van der Waals surface area contributed by atoms with E-state index < -0.39 is 5.82 Å². The molecule has 1 heterocycles. The first-order chi connectivity index (χ1) is 9.24. The van der Waals surface area contributed by atoms with Crippen LogP contribution in [0.1, 0.15) is 10.4 Å². The van der Waals surface area contributed by atoms with Crippen molar-refractivity contribution in [1.29, 1.82) is 0 Å². The minimum Gasteiger partial charge on any atom is -0.431 e. The van der Waals surface area contributed by atoms with Crippen molar-refractivity contribution in [2.75, 3.05) is 0 Å². The molecule has 0 saturated carbocycles. The number of halogens is 1. The Kier molecular flexibility index (Phi) is 3.05. The number of rotatable bonds is 3. The summed E-state index contributed by atoms with van der Waals surface area (Å²) in [6.45, 7) is 0. The van der Waals surface area contributed by atoms with Crippen molar-refractivity contribution in [2.45, 2.75) is 10.1 Å². The smallest absolute Gasteiger partial charge is 0.261 e. The van der Waals surface area contributed by atoms with E-state index >= 15 is 0 Å². The van der Waals surface area contributed by atoms with Crippen LogP contribution < -0.4 is 0 Å². The Morgan fingerprint density at radius 2 is 2.05 bits per heavy atom. The van der Waals surface area contributed by atoms with Crippen LogP contribution in [0.25, 0.3) is 11.1 Å². The fourth-order valence-electron chi connectivity index (χ4n) is 1.71. The normalized spacial score (nSPS) is 10.8. The molecule has 19 heavy (non-hydrogen) atoms. The van der Waals surface area contributed by atoms with E-state index in [9.17, 15) is 9.18 Å². The van der Waals surface area contributed by atoms with Gasteiger partial charge >= 0.3 is 0 Å². The molecule has 3 aromatic rings. The first-order valence-corrected chi connectivity index (χ1v) is 6.35. The van der Waals surface area contributed by atoms with E-state index in [-0.39, 0.29) is 0 Å². The van der Waals surface area contributed by atoms with E-state index in [1.807, 2.05) is 24.3 Å². The van der Waals surface area contributed by atoms with E-state index in [1.165, 1.54) is 23.9 Å². The minimum atomic E-state index is -0.455. The second-order valence-corrected chi connectivity index (χ2v) is 4.91. The average molecular weight is 273 g/mol. The van der Waals surface area contributed by atoms with Crippen molar-refractivity contribution in [2.24, 2.45) is 0 Å². The molecule has 5 heteroatoms. The summed E-state index contributed by atoms with van der Waals surface area (Å²) < 4.78 is 18.8. The third kappa shape index (κ3) is 2.51. The summed E-state index contributed by atoms with van der Waals surface area (Å²) in [6, 6.07) is 11.5. The van der Waals surface area contributed by atoms with Crippen molar-refractivity contribution in [3.8, 4) is 0 Å².